The Morgan fingerprint density at radius 2 is 2.00 bits per heavy atom. The van der Waals surface area contributed by atoms with Crippen LogP contribution < -0.4 is 10.1 Å². The molecular weight excluding hydrogens is 272 g/mol. The summed E-state index contributed by atoms with van der Waals surface area (Å²) < 4.78 is 5.37. The minimum atomic E-state index is 0.347. The van der Waals surface area contributed by atoms with Gasteiger partial charge in [-0.15, -0.1) is 0 Å². The molecular formula is C14H18N4OS. The quantitative estimate of drug-likeness (QED) is 0.913. The summed E-state index contributed by atoms with van der Waals surface area (Å²) in [5.41, 5.74) is 2.41. The van der Waals surface area contributed by atoms with Gasteiger partial charge in [0.15, 0.2) is 0 Å². The molecule has 1 N–H and O–H groups in total. The molecule has 0 amide bonds. The van der Waals surface area contributed by atoms with Crippen molar-refractivity contribution in [2.24, 2.45) is 0 Å². The molecule has 0 saturated heterocycles. The van der Waals surface area contributed by atoms with Crippen LogP contribution >= 0.6 is 11.8 Å². The minimum absolute atomic E-state index is 0.347. The SMILES string of the molecule is CCOc1nc(NC)nc(Sc2cc(C)ccc2C)n1. The summed E-state index contributed by atoms with van der Waals surface area (Å²) in [6.07, 6.45) is 0. The molecule has 0 bridgehead atoms. The van der Waals surface area contributed by atoms with Crippen molar-refractivity contribution in [1.82, 2.24) is 15.0 Å². The maximum Gasteiger partial charge on any atom is 0.322 e. The molecule has 1 aromatic carbocycles. The largest absolute Gasteiger partial charge is 0.464 e. The second-order valence-corrected chi connectivity index (χ2v) is 5.29. The van der Waals surface area contributed by atoms with Gasteiger partial charge in [-0.05, 0) is 49.7 Å². The Labute approximate surface area is 123 Å². The molecule has 0 unspecified atom stereocenters. The van der Waals surface area contributed by atoms with E-state index in [2.05, 4.69) is 52.3 Å². The van der Waals surface area contributed by atoms with E-state index in [1.807, 2.05) is 6.92 Å². The molecule has 1 aromatic heterocycles. The van der Waals surface area contributed by atoms with Crippen molar-refractivity contribution in [1.29, 1.82) is 0 Å². The minimum Gasteiger partial charge on any atom is -0.464 e. The Kier molecular flexibility index (Phi) is 4.79. The number of benzene rings is 1. The highest BCUT2D eigenvalue weighted by Crippen LogP contribution is 2.29. The van der Waals surface area contributed by atoms with Gasteiger partial charge in [-0.1, -0.05) is 12.1 Å². The van der Waals surface area contributed by atoms with Crippen LogP contribution in [-0.4, -0.2) is 28.6 Å². The number of ether oxygens (including phenoxy) is 1. The molecule has 106 valence electrons. The van der Waals surface area contributed by atoms with E-state index >= 15 is 0 Å². The Hall–Kier alpha value is -1.82. The Morgan fingerprint density at radius 3 is 2.70 bits per heavy atom. The number of anilines is 1. The lowest BCUT2D eigenvalue weighted by Crippen LogP contribution is -2.04. The lowest BCUT2D eigenvalue weighted by molar-refractivity contribution is 0.308. The highest BCUT2D eigenvalue weighted by atomic mass is 32.2. The van der Waals surface area contributed by atoms with E-state index in [0.717, 1.165) is 4.90 Å². The number of hydrogen-bond donors (Lipinski definition) is 1. The normalized spacial score (nSPS) is 10.4. The molecule has 0 aliphatic carbocycles. The molecule has 0 fully saturated rings. The summed E-state index contributed by atoms with van der Waals surface area (Å²) in [5, 5.41) is 3.55. The predicted octanol–water partition coefficient (Wildman–Crippen LogP) is 3.08. The second-order valence-electron chi connectivity index (χ2n) is 4.28. The first-order chi connectivity index (χ1) is 9.62. The number of aryl methyl sites for hydroxylation is 2. The predicted molar refractivity (Wildman–Crippen MR) is 80.6 cm³/mol. The monoisotopic (exact) mass is 290 g/mol. The topological polar surface area (TPSA) is 59.9 Å². The van der Waals surface area contributed by atoms with Crippen LogP contribution in [0.4, 0.5) is 5.95 Å². The van der Waals surface area contributed by atoms with E-state index in [-0.39, 0.29) is 0 Å². The highest BCUT2D eigenvalue weighted by Gasteiger charge is 2.09. The Bertz CT molecular complexity index is 604. The van der Waals surface area contributed by atoms with Gasteiger partial charge in [0.2, 0.25) is 11.1 Å². The van der Waals surface area contributed by atoms with Gasteiger partial charge in [0, 0.05) is 11.9 Å². The fourth-order valence-corrected chi connectivity index (χ4v) is 2.53. The van der Waals surface area contributed by atoms with Crippen molar-refractivity contribution in [2.45, 2.75) is 30.8 Å². The number of nitrogens with zero attached hydrogens (tertiary/aromatic N) is 3. The average Bonchev–Trinajstić information content (AvgIpc) is 2.43. The van der Waals surface area contributed by atoms with Crippen LogP contribution in [0.1, 0.15) is 18.1 Å². The standard InChI is InChI=1S/C14H18N4OS/c1-5-19-13-16-12(15-4)17-14(18-13)20-11-8-9(2)6-7-10(11)3/h6-8H,5H2,1-4H3,(H,15,16,17,18). The summed E-state index contributed by atoms with van der Waals surface area (Å²) in [6.45, 7) is 6.58. The van der Waals surface area contributed by atoms with Crippen molar-refractivity contribution in [3.8, 4) is 6.01 Å². The summed E-state index contributed by atoms with van der Waals surface area (Å²) in [7, 11) is 1.78. The third-order valence-electron chi connectivity index (χ3n) is 2.64. The zero-order chi connectivity index (χ0) is 14.5. The van der Waals surface area contributed by atoms with Gasteiger partial charge in [-0.3, -0.25) is 0 Å². The summed E-state index contributed by atoms with van der Waals surface area (Å²) in [6, 6.07) is 6.67. The van der Waals surface area contributed by atoms with Crippen molar-refractivity contribution in [2.75, 3.05) is 19.0 Å². The van der Waals surface area contributed by atoms with Crippen LogP contribution in [0.15, 0.2) is 28.3 Å². The van der Waals surface area contributed by atoms with Crippen molar-refractivity contribution >= 4 is 17.7 Å². The van der Waals surface area contributed by atoms with Gasteiger partial charge in [-0.25, -0.2) is 0 Å². The second kappa shape index (κ2) is 6.56. The first-order valence-electron chi connectivity index (χ1n) is 6.44. The molecule has 0 atom stereocenters. The van der Waals surface area contributed by atoms with Crippen molar-refractivity contribution < 1.29 is 4.74 Å². The van der Waals surface area contributed by atoms with Gasteiger partial charge in [0.25, 0.3) is 0 Å². The molecule has 6 heteroatoms. The van der Waals surface area contributed by atoms with Gasteiger partial charge >= 0.3 is 6.01 Å². The Morgan fingerprint density at radius 1 is 1.20 bits per heavy atom. The average molecular weight is 290 g/mol. The fourth-order valence-electron chi connectivity index (χ4n) is 1.60. The molecule has 5 nitrogen and oxygen atoms in total. The third kappa shape index (κ3) is 3.60. The first-order valence-corrected chi connectivity index (χ1v) is 7.25. The van der Waals surface area contributed by atoms with Crippen LogP contribution in [0.25, 0.3) is 0 Å². The molecule has 0 aliphatic rings. The summed E-state index contributed by atoms with van der Waals surface area (Å²) >= 11 is 1.52. The Balaban J connectivity index is 2.32. The lowest BCUT2D eigenvalue weighted by atomic mass is 10.2. The first kappa shape index (κ1) is 14.6. The molecule has 0 spiro atoms. The summed E-state index contributed by atoms with van der Waals surface area (Å²) in [4.78, 5) is 14.0. The van der Waals surface area contributed by atoms with Crippen LogP contribution in [0.2, 0.25) is 0 Å². The van der Waals surface area contributed by atoms with Gasteiger partial charge < -0.3 is 10.1 Å². The molecule has 0 radical (unpaired) electrons. The van der Waals surface area contributed by atoms with Gasteiger partial charge in [0.1, 0.15) is 0 Å². The van der Waals surface area contributed by atoms with Gasteiger partial charge in [-0.2, -0.15) is 15.0 Å². The van der Waals surface area contributed by atoms with E-state index < -0.39 is 0 Å². The molecule has 2 aromatic rings. The molecule has 0 aliphatic heterocycles. The summed E-state index contributed by atoms with van der Waals surface area (Å²) in [5.74, 6) is 0.510. The van der Waals surface area contributed by atoms with Crippen molar-refractivity contribution in [3.05, 3.63) is 29.3 Å². The van der Waals surface area contributed by atoms with Gasteiger partial charge in [0.05, 0.1) is 6.61 Å². The van der Waals surface area contributed by atoms with Crippen LogP contribution in [0, 0.1) is 13.8 Å². The lowest BCUT2D eigenvalue weighted by Gasteiger charge is -2.08. The zero-order valence-corrected chi connectivity index (χ0v) is 12.9. The van der Waals surface area contributed by atoms with Crippen LogP contribution in [-0.2, 0) is 0 Å². The fraction of sp³-hybridized carbons (Fsp3) is 0.357. The number of hydrogen-bond acceptors (Lipinski definition) is 6. The van der Waals surface area contributed by atoms with E-state index in [0.29, 0.717) is 23.7 Å². The molecule has 0 saturated carbocycles. The van der Waals surface area contributed by atoms with E-state index in [4.69, 9.17) is 4.74 Å². The van der Waals surface area contributed by atoms with E-state index in [1.165, 1.54) is 22.9 Å². The van der Waals surface area contributed by atoms with E-state index in [1.54, 1.807) is 7.05 Å². The maximum absolute atomic E-state index is 5.37. The molecule has 2 rings (SSSR count). The highest BCUT2D eigenvalue weighted by molar-refractivity contribution is 7.99. The van der Waals surface area contributed by atoms with Crippen LogP contribution in [0.5, 0.6) is 6.01 Å². The maximum atomic E-state index is 5.37. The number of rotatable bonds is 5. The smallest absolute Gasteiger partial charge is 0.322 e. The van der Waals surface area contributed by atoms with E-state index in [9.17, 15) is 0 Å². The number of nitrogens with one attached hydrogen (secondary N) is 1. The van der Waals surface area contributed by atoms with Crippen molar-refractivity contribution in [3.63, 3.8) is 0 Å². The molecule has 20 heavy (non-hydrogen) atoms. The van der Waals surface area contributed by atoms with Crippen LogP contribution in [0.3, 0.4) is 0 Å². The molecule has 1 heterocycles. The zero-order valence-electron chi connectivity index (χ0n) is 12.1. The number of aromatic nitrogens is 3. The third-order valence-corrected chi connectivity index (χ3v) is 3.66.